The van der Waals surface area contributed by atoms with Crippen LogP contribution in [0.3, 0.4) is 0 Å². The second-order valence-corrected chi connectivity index (χ2v) is 8.73. The molecule has 1 amide bonds. The first kappa shape index (κ1) is 22.9. The molecule has 2 unspecified atom stereocenters. The number of nitrogens with zero attached hydrogens (tertiary/aromatic N) is 2. The zero-order valence-electron chi connectivity index (χ0n) is 18.2. The Bertz CT molecular complexity index is 1240. The number of aromatic nitrogens is 2. The van der Waals surface area contributed by atoms with Crippen molar-refractivity contribution in [2.45, 2.75) is 44.6 Å². The van der Waals surface area contributed by atoms with E-state index >= 15 is 0 Å². The van der Waals surface area contributed by atoms with Gasteiger partial charge in [0.15, 0.2) is 0 Å². The topological polar surface area (TPSA) is 92.2 Å². The molecule has 1 aromatic heterocycles. The number of amides is 1. The Balaban J connectivity index is 1.56. The SMILES string of the molecule is O=C(O)CCCc1nc2c(nc1C1C=CC=CC1)=CCC(C(=O)NCc1cccc(Cl)c1)C=2. The number of hydrogen-bond acceptors (Lipinski definition) is 4. The Morgan fingerprint density at radius 2 is 2.03 bits per heavy atom. The van der Waals surface area contributed by atoms with Crippen LogP contribution in [-0.2, 0) is 22.6 Å². The monoisotopic (exact) mass is 463 g/mol. The first-order valence-corrected chi connectivity index (χ1v) is 11.5. The number of benzene rings is 1. The van der Waals surface area contributed by atoms with Crippen LogP contribution in [0.1, 0.15) is 48.6 Å². The summed E-state index contributed by atoms with van der Waals surface area (Å²) in [7, 11) is 0. The average molecular weight is 464 g/mol. The van der Waals surface area contributed by atoms with Crippen LogP contribution in [0.25, 0.3) is 12.2 Å². The van der Waals surface area contributed by atoms with Crippen LogP contribution in [0.4, 0.5) is 0 Å². The van der Waals surface area contributed by atoms with Crippen molar-refractivity contribution in [3.8, 4) is 0 Å². The molecular weight excluding hydrogens is 438 g/mol. The van der Waals surface area contributed by atoms with E-state index in [2.05, 4.69) is 17.5 Å². The molecule has 0 bridgehead atoms. The quantitative estimate of drug-likeness (QED) is 0.627. The maximum atomic E-state index is 12.8. The molecule has 2 aliphatic rings. The predicted molar refractivity (Wildman–Crippen MR) is 128 cm³/mol. The van der Waals surface area contributed by atoms with Crippen molar-refractivity contribution in [1.29, 1.82) is 0 Å². The molecule has 1 heterocycles. The highest BCUT2D eigenvalue weighted by atomic mass is 35.5. The zero-order valence-corrected chi connectivity index (χ0v) is 19.0. The van der Waals surface area contributed by atoms with E-state index in [1.165, 1.54) is 0 Å². The number of aliphatic carboxylic acids is 1. The van der Waals surface area contributed by atoms with Gasteiger partial charge >= 0.3 is 5.97 Å². The summed E-state index contributed by atoms with van der Waals surface area (Å²) in [6.45, 7) is 0.406. The van der Waals surface area contributed by atoms with Crippen LogP contribution in [0.15, 0.2) is 48.6 Å². The number of halogens is 1. The maximum absolute atomic E-state index is 12.8. The van der Waals surface area contributed by atoms with Crippen molar-refractivity contribution in [2.75, 3.05) is 0 Å². The van der Waals surface area contributed by atoms with Crippen molar-refractivity contribution in [1.82, 2.24) is 15.3 Å². The fourth-order valence-electron chi connectivity index (χ4n) is 4.10. The third-order valence-electron chi connectivity index (χ3n) is 5.81. The highest BCUT2D eigenvalue weighted by Crippen LogP contribution is 2.25. The van der Waals surface area contributed by atoms with Gasteiger partial charge < -0.3 is 10.4 Å². The number of carbonyl (C=O) groups is 2. The van der Waals surface area contributed by atoms with Gasteiger partial charge in [-0.2, -0.15) is 0 Å². The van der Waals surface area contributed by atoms with Crippen LogP contribution in [0, 0.1) is 5.92 Å². The summed E-state index contributed by atoms with van der Waals surface area (Å²) in [6.07, 6.45) is 14.6. The summed E-state index contributed by atoms with van der Waals surface area (Å²) < 4.78 is 0. The Hall–Kier alpha value is -3.25. The molecule has 7 heteroatoms. The van der Waals surface area contributed by atoms with E-state index in [-0.39, 0.29) is 24.2 Å². The number of carboxylic acid groups (broad SMARTS) is 1. The Labute approximate surface area is 197 Å². The molecule has 33 heavy (non-hydrogen) atoms. The lowest BCUT2D eigenvalue weighted by atomic mass is 9.93. The van der Waals surface area contributed by atoms with E-state index in [9.17, 15) is 9.59 Å². The standard InChI is InChI=1S/C26H26ClN3O3/c27-20-9-4-6-17(14-20)16-28-26(33)19-12-13-21-23(15-19)29-22(10-5-11-24(31)32)25(30-21)18-7-2-1-3-8-18/h1-4,6-7,9,13-15,18-19H,5,8,10-12,16H2,(H,28,33)(H,31,32). The molecule has 0 spiro atoms. The highest BCUT2D eigenvalue weighted by Gasteiger charge is 2.21. The molecule has 1 aromatic carbocycles. The minimum Gasteiger partial charge on any atom is -0.481 e. The molecule has 0 radical (unpaired) electrons. The zero-order chi connectivity index (χ0) is 23.2. The lowest BCUT2D eigenvalue weighted by Gasteiger charge is -2.18. The largest absolute Gasteiger partial charge is 0.481 e. The van der Waals surface area contributed by atoms with Gasteiger partial charge in [0.1, 0.15) is 0 Å². The van der Waals surface area contributed by atoms with Crippen LogP contribution in [0.2, 0.25) is 5.02 Å². The molecule has 0 aliphatic heterocycles. The second kappa shape index (κ2) is 10.6. The minimum absolute atomic E-state index is 0.0736. The van der Waals surface area contributed by atoms with Gasteiger partial charge in [-0.15, -0.1) is 0 Å². The third kappa shape index (κ3) is 5.96. The number of aryl methyl sites for hydroxylation is 1. The number of carbonyl (C=O) groups excluding carboxylic acids is 1. The van der Waals surface area contributed by atoms with Crippen molar-refractivity contribution in [3.63, 3.8) is 0 Å². The van der Waals surface area contributed by atoms with Crippen molar-refractivity contribution < 1.29 is 14.7 Å². The Morgan fingerprint density at radius 1 is 1.15 bits per heavy atom. The summed E-state index contributed by atoms with van der Waals surface area (Å²) in [4.78, 5) is 33.5. The summed E-state index contributed by atoms with van der Waals surface area (Å²) in [5.41, 5.74) is 2.65. The summed E-state index contributed by atoms with van der Waals surface area (Å²) >= 11 is 6.02. The second-order valence-electron chi connectivity index (χ2n) is 8.29. The fraction of sp³-hybridized carbons (Fsp3) is 0.308. The number of nitrogens with one attached hydrogen (secondary N) is 1. The molecule has 170 valence electrons. The van der Waals surface area contributed by atoms with Crippen molar-refractivity contribution in [3.05, 3.63) is 81.2 Å². The van der Waals surface area contributed by atoms with Crippen LogP contribution < -0.4 is 16.0 Å². The van der Waals surface area contributed by atoms with Gasteiger partial charge in [-0.25, -0.2) is 9.97 Å². The molecule has 2 N–H and O–H groups in total. The van der Waals surface area contributed by atoms with E-state index < -0.39 is 5.97 Å². The van der Waals surface area contributed by atoms with Gasteiger partial charge in [0.25, 0.3) is 0 Å². The van der Waals surface area contributed by atoms with Crippen LogP contribution in [-0.4, -0.2) is 27.0 Å². The fourth-order valence-corrected chi connectivity index (χ4v) is 4.32. The Morgan fingerprint density at radius 3 is 2.79 bits per heavy atom. The third-order valence-corrected chi connectivity index (χ3v) is 6.04. The van der Waals surface area contributed by atoms with Gasteiger partial charge in [-0.05, 0) is 49.5 Å². The summed E-state index contributed by atoms with van der Waals surface area (Å²) in [5.74, 6) is -1.10. The van der Waals surface area contributed by atoms with E-state index in [4.69, 9.17) is 26.7 Å². The number of carboxylic acids is 1. The van der Waals surface area contributed by atoms with E-state index in [0.29, 0.717) is 36.2 Å². The van der Waals surface area contributed by atoms with Gasteiger partial charge in [-0.1, -0.05) is 54.1 Å². The van der Waals surface area contributed by atoms with E-state index in [1.54, 1.807) is 6.07 Å². The average Bonchev–Trinajstić information content (AvgIpc) is 2.82. The highest BCUT2D eigenvalue weighted by molar-refractivity contribution is 6.30. The minimum atomic E-state index is -0.820. The lowest BCUT2D eigenvalue weighted by Crippen LogP contribution is -2.40. The molecular formula is C26H26ClN3O3. The summed E-state index contributed by atoms with van der Waals surface area (Å²) in [6, 6.07) is 7.41. The normalized spacial score (nSPS) is 18.7. The smallest absolute Gasteiger partial charge is 0.303 e. The molecule has 2 aromatic rings. The van der Waals surface area contributed by atoms with Crippen LogP contribution in [0.5, 0.6) is 0 Å². The van der Waals surface area contributed by atoms with Gasteiger partial charge in [0, 0.05) is 23.9 Å². The predicted octanol–water partition coefficient (Wildman–Crippen LogP) is 3.03. The van der Waals surface area contributed by atoms with Gasteiger partial charge in [-0.3, -0.25) is 9.59 Å². The molecule has 0 saturated heterocycles. The first-order valence-electron chi connectivity index (χ1n) is 11.2. The number of hydrogen-bond donors (Lipinski definition) is 2. The van der Waals surface area contributed by atoms with Crippen LogP contribution >= 0.6 is 11.6 Å². The number of rotatable bonds is 8. The van der Waals surface area contributed by atoms with Gasteiger partial charge in [0.05, 0.1) is 28.0 Å². The van der Waals surface area contributed by atoms with E-state index in [0.717, 1.165) is 28.7 Å². The molecule has 6 nitrogen and oxygen atoms in total. The first-order chi connectivity index (χ1) is 16.0. The van der Waals surface area contributed by atoms with E-state index in [1.807, 2.05) is 42.5 Å². The molecule has 2 atom stereocenters. The molecule has 2 aliphatic carbocycles. The number of allylic oxidation sites excluding steroid dienone is 4. The molecule has 4 rings (SSSR count). The molecule has 0 saturated carbocycles. The maximum Gasteiger partial charge on any atom is 0.303 e. The van der Waals surface area contributed by atoms with Gasteiger partial charge in [0.2, 0.25) is 5.91 Å². The molecule has 0 fully saturated rings. The Kier molecular flexibility index (Phi) is 7.35. The number of fused-ring (bicyclic) bond motifs is 1. The lowest BCUT2D eigenvalue weighted by molar-refractivity contribution is -0.137. The van der Waals surface area contributed by atoms with Crippen molar-refractivity contribution in [2.24, 2.45) is 5.92 Å². The van der Waals surface area contributed by atoms with Crippen molar-refractivity contribution >= 4 is 35.6 Å². The summed E-state index contributed by atoms with van der Waals surface area (Å²) in [5, 5.41) is 14.1.